The highest BCUT2D eigenvalue weighted by Gasteiger charge is 2.40. The van der Waals surface area contributed by atoms with Gasteiger partial charge in [0.15, 0.2) is 0 Å². The molecule has 2 nitrogen and oxygen atoms in total. The van der Waals surface area contributed by atoms with E-state index in [0.717, 1.165) is 26.1 Å². The van der Waals surface area contributed by atoms with Gasteiger partial charge < -0.3 is 0 Å². The number of benzene rings is 2. The second-order valence-electron chi connectivity index (χ2n) is 10.3. The van der Waals surface area contributed by atoms with Crippen molar-refractivity contribution in [3.63, 3.8) is 0 Å². The minimum atomic E-state index is 0.228. The second-order valence-corrected chi connectivity index (χ2v) is 10.3. The van der Waals surface area contributed by atoms with E-state index in [4.69, 9.17) is 0 Å². The number of piperazine rings is 1. The van der Waals surface area contributed by atoms with Crippen molar-refractivity contribution in [3.8, 4) is 11.8 Å². The van der Waals surface area contributed by atoms with Gasteiger partial charge in [-0.05, 0) is 30.4 Å². The van der Waals surface area contributed by atoms with Gasteiger partial charge >= 0.3 is 0 Å². The Morgan fingerprint density at radius 3 is 2.24 bits per heavy atom. The third kappa shape index (κ3) is 6.97. The number of hydrogen-bond acceptors (Lipinski definition) is 2. The Kier molecular flexibility index (Phi) is 10.1. The summed E-state index contributed by atoms with van der Waals surface area (Å²) in [7, 11) is 0. The minimum absolute atomic E-state index is 0.228. The standard InChI is InChI=1S/C32H44N2/c1-2-3-4-5-6-7-8-15-22-30(29-20-13-10-14-21-29)34-26-25-33(27-28-18-11-9-12-19-28)31-23-16-17-24-32(31)34/h9-14,18-21,30-32H,2-8,16-17,23-27H2,1H3/t30-,31-,32-/m1/s1. The maximum Gasteiger partial charge on any atom is 0.0974 e. The van der Waals surface area contributed by atoms with Gasteiger partial charge in [-0.25, -0.2) is 0 Å². The quantitative estimate of drug-likeness (QED) is 0.268. The summed E-state index contributed by atoms with van der Waals surface area (Å²) in [6.07, 6.45) is 14.4. The molecule has 1 aliphatic carbocycles. The summed E-state index contributed by atoms with van der Waals surface area (Å²) in [4.78, 5) is 5.54. The van der Waals surface area contributed by atoms with Crippen LogP contribution in [0.15, 0.2) is 60.7 Å². The molecule has 1 saturated heterocycles. The monoisotopic (exact) mass is 456 g/mol. The first-order valence-electron chi connectivity index (χ1n) is 13.9. The van der Waals surface area contributed by atoms with E-state index in [2.05, 4.69) is 89.2 Å². The summed E-state index contributed by atoms with van der Waals surface area (Å²) in [6.45, 7) is 5.61. The predicted octanol–water partition coefficient (Wildman–Crippen LogP) is 7.61. The minimum Gasteiger partial charge on any atom is -0.293 e. The number of hydrogen-bond donors (Lipinski definition) is 0. The Balaban J connectivity index is 1.45. The van der Waals surface area contributed by atoms with Crippen LogP contribution >= 0.6 is 0 Å². The molecule has 0 N–H and O–H groups in total. The fourth-order valence-corrected chi connectivity index (χ4v) is 5.97. The van der Waals surface area contributed by atoms with Crippen LogP contribution in [0.2, 0.25) is 0 Å². The molecule has 0 aromatic heterocycles. The van der Waals surface area contributed by atoms with Crippen LogP contribution in [0.4, 0.5) is 0 Å². The van der Waals surface area contributed by atoms with Crippen LogP contribution in [0.3, 0.4) is 0 Å². The molecule has 4 rings (SSSR count). The van der Waals surface area contributed by atoms with E-state index in [0.29, 0.717) is 12.1 Å². The molecule has 0 bridgehead atoms. The van der Waals surface area contributed by atoms with Crippen molar-refractivity contribution in [1.29, 1.82) is 0 Å². The molecule has 182 valence electrons. The lowest BCUT2D eigenvalue weighted by Gasteiger charge is -2.51. The van der Waals surface area contributed by atoms with Crippen LogP contribution in [-0.2, 0) is 6.54 Å². The first-order valence-corrected chi connectivity index (χ1v) is 13.9. The molecule has 34 heavy (non-hydrogen) atoms. The summed E-state index contributed by atoms with van der Waals surface area (Å²) in [5, 5.41) is 0. The van der Waals surface area contributed by atoms with Gasteiger partial charge in [0.2, 0.25) is 0 Å². The zero-order valence-corrected chi connectivity index (χ0v) is 21.3. The van der Waals surface area contributed by atoms with Gasteiger partial charge in [0.05, 0.1) is 6.04 Å². The van der Waals surface area contributed by atoms with Gasteiger partial charge in [0.1, 0.15) is 0 Å². The number of rotatable bonds is 10. The molecule has 1 saturated carbocycles. The van der Waals surface area contributed by atoms with Crippen molar-refractivity contribution in [2.45, 2.75) is 102 Å². The van der Waals surface area contributed by atoms with E-state index in [1.807, 2.05) is 0 Å². The van der Waals surface area contributed by atoms with Crippen molar-refractivity contribution < 1.29 is 0 Å². The third-order valence-electron chi connectivity index (χ3n) is 7.80. The molecule has 2 aliphatic rings. The molecule has 2 heteroatoms. The van der Waals surface area contributed by atoms with Gasteiger partial charge in [-0.15, -0.1) is 5.92 Å². The average Bonchev–Trinajstić information content (AvgIpc) is 2.90. The Labute approximate surface area is 208 Å². The predicted molar refractivity (Wildman–Crippen MR) is 145 cm³/mol. The van der Waals surface area contributed by atoms with Crippen molar-refractivity contribution in [2.75, 3.05) is 13.1 Å². The zero-order valence-electron chi connectivity index (χ0n) is 21.3. The molecule has 3 atom stereocenters. The summed E-state index contributed by atoms with van der Waals surface area (Å²) in [5.41, 5.74) is 2.82. The van der Waals surface area contributed by atoms with E-state index in [-0.39, 0.29) is 6.04 Å². The summed E-state index contributed by atoms with van der Waals surface area (Å²) < 4.78 is 0. The van der Waals surface area contributed by atoms with Crippen LogP contribution < -0.4 is 0 Å². The van der Waals surface area contributed by atoms with E-state index in [1.54, 1.807) is 0 Å². The summed E-state index contributed by atoms with van der Waals surface area (Å²) in [6, 6.07) is 23.6. The van der Waals surface area contributed by atoms with E-state index >= 15 is 0 Å². The van der Waals surface area contributed by atoms with Gasteiger partial charge in [0, 0.05) is 38.1 Å². The number of unbranched alkanes of at least 4 members (excludes halogenated alkanes) is 6. The Morgan fingerprint density at radius 2 is 1.47 bits per heavy atom. The van der Waals surface area contributed by atoms with Gasteiger partial charge in [-0.2, -0.15) is 0 Å². The number of fused-ring (bicyclic) bond motifs is 1. The lowest BCUT2D eigenvalue weighted by molar-refractivity contribution is -0.0206. The zero-order chi connectivity index (χ0) is 23.4. The lowest BCUT2D eigenvalue weighted by atomic mass is 9.84. The molecule has 0 spiro atoms. The van der Waals surface area contributed by atoms with Crippen LogP contribution in [0.1, 0.15) is 94.7 Å². The van der Waals surface area contributed by atoms with E-state index in [9.17, 15) is 0 Å². The average molecular weight is 457 g/mol. The van der Waals surface area contributed by atoms with Crippen LogP contribution in [0.5, 0.6) is 0 Å². The van der Waals surface area contributed by atoms with Crippen molar-refractivity contribution in [3.05, 3.63) is 71.8 Å². The van der Waals surface area contributed by atoms with E-state index < -0.39 is 0 Å². The molecular formula is C32H44N2. The van der Waals surface area contributed by atoms with E-state index in [1.165, 1.54) is 75.3 Å². The Morgan fingerprint density at radius 1 is 0.794 bits per heavy atom. The molecule has 0 amide bonds. The van der Waals surface area contributed by atoms with Gasteiger partial charge in [-0.1, -0.05) is 118 Å². The van der Waals surface area contributed by atoms with Gasteiger partial charge in [0.25, 0.3) is 0 Å². The molecule has 2 fully saturated rings. The lowest BCUT2D eigenvalue weighted by Crippen LogP contribution is -2.60. The normalized spacial score (nSPS) is 21.9. The van der Waals surface area contributed by atoms with Crippen LogP contribution in [-0.4, -0.2) is 35.0 Å². The molecule has 0 radical (unpaired) electrons. The number of nitrogens with zero attached hydrogens (tertiary/aromatic N) is 2. The SMILES string of the molecule is CCCCCCCCC#C[C@H](c1ccccc1)N1CCN(Cc2ccccc2)[C@@H]2CCCC[C@H]21. The third-order valence-corrected chi connectivity index (χ3v) is 7.80. The highest BCUT2D eigenvalue weighted by molar-refractivity contribution is 5.28. The summed E-state index contributed by atoms with van der Waals surface area (Å²) in [5.74, 6) is 7.38. The fourth-order valence-electron chi connectivity index (χ4n) is 5.97. The molecule has 0 unspecified atom stereocenters. The summed E-state index contributed by atoms with van der Waals surface area (Å²) >= 11 is 0. The topological polar surface area (TPSA) is 6.48 Å². The highest BCUT2D eigenvalue weighted by Crippen LogP contribution is 2.36. The Hall–Kier alpha value is -2.08. The first-order chi connectivity index (χ1) is 16.9. The largest absolute Gasteiger partial charge is 0.293 e. The molecule has 2 aromatic carbocycles. The van der Waals surface area contributed by atoms with Crippen molar-refractivity contribution in [2.24, 2.45) is 0 Å². The van der Waals surface area contributed by atoms with Gasteiger partial charge in [-0.3, -0.25) is 9.80 Å². The van der Waals surface area contributed by atoms with Crippen LogP contribution in [0, 0.1) is 11.8 Å². The highest BCUT2D eigenvalue weighted by atomic mass is 15.3. The van der Waals surface area contributed by atoms with Crippen molar-refractivity contribution >= 4 is 0 Å². The molecular weight excluding hydrogens is 412 g/mol. The maximum atomic E-state index is 3.76. The fraction of sp³-hybridized carbons (Fsp3) is 0.562. The smallest absolute Gasteiger partial charge is 0.0974 e. The maximum absolute atomic E-state index is 3.76. The van der Waals surface area contributed by atoms with Crippen LogP contribution in [0.25, 0.3) is 0 Å². The second kappa shape index (κ2) is 13.7. The molecule has 1 aliphatic heterocycles. The molecule has 1 heterocycles. The van der Waals surface area contributed by atoms with Crippen molar-refractivity contribution in [1.82, 2.24) is 9.80 Å². The first kappa shape index (κ1) is 25.0. The Bertz CT molecular complexity index is 881. The molecule has 2 aromatic rings.